The second kappa shape index (κ2) is 18.6. The van der Waals surface area contributed by atoms with Crippen molar-refractivity contribution in [2.24, 2.45) is 0 Å². The van der Waals surface area contributed by atoms with E-state index >= 15 is 0 Å². The van der Waals surface area contributed by atoms with Crippen LogP contribution in [0.4, 0.5) is 0 Å². The van der Waals surface area contributed by atoms with Gasteiger partial charge in [0.1, 0.15) is 52.7 Å². The van der Waals surface area contributed by atoms with Crippen molar-refractivity contribution >= 4 is 27.5 Å². The molecular formula is C26H48O8P2. The Hall–Kier alpha value is -0.680. The number of carbonyl (C=O) groups excluding carboxylic acids is 2. The molecule has 0 bridgehead atoms. The SMILES string of the molecule is CCC(OCC(=O)OC1CCCCC1)[PH](=O)CCCC[PH](=O)C(CC)OCC(=O)OC1CCCCC1. The first kappa shape index (κ1) is 31.5. The van der Waals surface area contributed by atoms with Gasteiger partial charge in [-0.15, -0.1) is 0 Å². The van der Waals surface area contributed by atoms with E-state index in [9.17, 15) is 18.7 Å². The molecule has 0 aliphatic heterocycles. The molecule has 0 radical (unpaired) electrons. The molecule has 10 heteroatoms. The van der Waals surface area contributed by atoms with Gasteiger partial charge in [0, 0.05) is 12.3 Å². The Bertz CT molecular complexity index is 631. The number of hydrogen-bond acceptors (Lipinski definition) is 8. The Kier molecular flexibility index (Phi) is 16.3. The number of rotatable bonds is 17. The first-order chi connectivity index (χ1) is 17.4. The van der Waals surface area contributed by atoms with E-state index in [0.29, 0.717) is 38.0 Å². The third kappa shape index (κ3) is 12.7. The predicted octanol–water partition coefficient (Wildman–Crippen LogP) is 6.14. The fourth-order valence-electron chi connectivity index (χ4n) is 4.94. The van der Waals surface area contributed by atoms with Crippen LogP contribution in [0.3, 0.4) is 0 Å². The lowest BCUT2D eigenvalue weighted by molar-refractivity contribution is -0.157. The Labute approximate surface area is 218 Å². The first-order valence-corrected chi connectivity index (χ1v) is 17.5. The average Bonchev–Trinajstić information content (AvgIpc) is 2.88. The summed E-state index contributed by atoms with van der Waals surface area (Å²) in [7, 11) is -4.06. The highest BCUT2D eigenvalue weighted by Gasteiger charge is 2.22. The van der Waals surface area contributed by atoms with Gasteiger partial charge >= 0.3 is 11.9 Å². The smallest absolute Gasteiger partial charge is 0.332 e. The Morgan fingerprint density at radius 1 is 0.667 bits per heavy atom. The van der Waals surface area contributed by atoms with Crippen molar-refractivity contribution in [1.29, 1.82) is 0 Å². The topological polar surface area (TPSA) is 105 Å². The van der Waals surface area contributed by atoms with Crippen molar-refractivity contribution in [3.63, 3.8) is 0 Å². The molecule has 0 N–H and O–H groups in total. The van der Waals surface area contributed by atoms with Gasteiger partial charge in [0.15, 0.2) is 0 Å². The molecule has 8 nitrogen and oxygen atoms in total. The van der Waals surface area contributed by atoms with Crippen LogP contribution in [0.25, 0.3) is 0 Å². The molecule has 0 aromatic heterocycles. The van der Waals surface area contributed by atoms with E-state index in [1.807, 2.05) is 13.8 Å². The molecule has 4 atom stereocenters. The van der Waals surface area contributed by atoms with Crippen LogP contribution in [-0.4, -0.2) is 61.4 Å². The monoisotopic (exact) mass is 550 g/mol. The minimum atomic E-state index is -2.03. The molecule has 0 amide bonds. The van der Waals surface area contributed by atoms with Gasteiger partial charge in [-0.1, -0.05) is 26.7 Å². The zero-order valence-electron chi connectivity index (χ0n) is 22.3. The second-order valence-electron chi connectivity index (χ2n) is 10.1. The summed E-state index contributed by atoms with van der Waals surface area (Å²) in [6.45, 7) is 3.50. The van der Waals surface area contributed by atoms with Crippen LogP contribution in [0.1, 0.15) is 104 Å². The molecule has 2 aliphatic rings. The lowest BCUT2D eigenvalue weighted by Crippen LogP contribution is -2.25. The van der Waals surface area contributed by atoms with Crippen LogP contribution in [0.5, 0.6) is 0 Å². The van der Waals surface area contributed by atoms with Crippen molar-refractivity contribution in [2.45, 2.75) is 128 Å². The van der Waals surface area contributed by atoms with Gasteiger partial charge < -0.3 is 28.1 Å². The molecule has 0 aromatic carbocycles. The summed E-state index contributed by atoms with van der Waals surface area (Å²) in [5.41, 5.74) is 0. The zero-order chi connectivity index (χ0) is 26.2. The van der Waals surface area contributed by atoms with E-state index in [1.54, 1.807) is 0 Å². The summed E-state index contributed by atoms with van der Waals surface area (Å²) < 4.78 is 47.6. The van der Waals surface area contributed by atoms with E-state index in [0.717, 1.165) is 51.4 Å². The fraction of sp³-hybridized carbons (Fsp3) is 0.923. The summed E-state index contributed by atoms with van der Waals surface area (Å²) in [5, 5.41) is 0. The maximum atomic E-state index is 12.7. The van der Waals surface area contributed by atoms with Crippen molar-refractivity contribution in [3.05, 3.63) is 0 Å². The van der Waals surface area contributed by atoms with Crippen molar-refractivity contribution in [3.8, 4) is 0 Å². The third-order valence-corrected chi connectivity index (χ3v) is 11.3. The molecule has 0 saturated heterocycles. The number of ether oxygens (including phenoxy) is 4. The lowest BCUT2D eigenvalue weighted by atomic mass is 9.98. The predicted molar refractivity (Wildman–Crippen MR) is 143 cm³/mol. The quantitative estimate of drug-likeness (QED) is 0.121. The van der Waals surface area contributed by atoms with Crippen LogP contribution in [0, 0.1) is 0 Å². The van der Waals surface area contributed by atoms with Gasteiger partial charge in [0.05, 0.1) is 0 Å². The van der Waals surface area contributed by atoms with Gasteiger partial charge in [0.2, 0.25) is 0 Å². The molecule has 2 fully saturated rings. The largest absolute Gasteiger partial charge is 0.461 e. The molecule has 210 valence electrons. The van der Waals surface area contributed by atoms with Gasteiger partial charge in [-0.3, -0.25) is 0 Å². The van der Waals surface area contributed by atoms with Gasteiger partial charge in [-0.2, -0.15) is 0 Å². The van der Waals surface area contributed by atoms with Crippen LogP contribution < -0.4 is 0 Å². The van der Waals surface area contributed by atoms with Crippen LogP contribution in [0.15, 0.2) is 0 Å². The first-order valence-electron chi connectivity index (χ1n) is 14.1. The molecule has 4 unspecified atom stereocenters. The van der Waals surface area contributed by atoms with E-state index < -0.39 is 27.3 Å². The van der Waals surface area contributed by atoms with E-state index in [1.165, 1.54) is 12.8 Å². The molecule has 0 heterocycles. The molecule has 0 aromatic rings. The maximum Gasteiger partial charge on any atom is 0.332 e. The van der Waals surface area contributed by atoms with Crippen LogP contribution in [-0.2, 0) is 37.7 Å². The second-order valence-corrected chi connectivity index (χ2v) is 14.2. The lowest BCUT2D eigenvalue weighted by Gasteiger charge is -2.22. The Morgan fingerprint density at radius 2 is 1.03 bits per heavy atom. The number of esters is 2. The molecule has 2 aliphatic carbocycles. The van der Waals surface area contributed by atoms with Crippen LogP contribution >= 0.6 is 15.6 Å². The highest BCUT2D eigenvalue weighted by atomic mass is 31.1. The van der Waals surface area contributed by atoms with Gasteiger partial charge in [-0.25, -0.2) is 9.59 Å². The Balaban J connectivity index is 1.59. The number of carbonyl (C=O) groups is 2. The number of hydrogen-bond donors (Lipinski definition) is 0. The van der Waals surface area contributed by atoms with E-state index in [-0.39, 0.29) is 37.4 Å². The summed E-state index contributed by atoms with van der Waals surface area (Å²) >= 11 is 0. The summed E-state index contributed by atoms with van der Waals surface area (Å²) in [5.74, 6) is -1.62. The summed E-state index contributed by atoms with van der Waals surface area (Å²) in [4.78, 5) is 24.1. The van der Waals surface area contributed by atoms with E-state index in [4.69, 9.17) is 18.9 Å². The molecule has 2 rings (SSSR count). The molecule has 36 heavy (non-hydrogen) atoms. The van der Waals surface area contributed by atoms with E-state index in [2.05, 4.69) is 0 Å². The average molecular weight is 551 g/mol. The highest BCUT2D eigenvalue weighted by Crippen LogP contribution is 2.36. The van der Waals surface area contributed by atoms with Crippen LogP contribution in [0.2, 0.25) is 0 Å². The minimum Gasteiger partial charge on any atom is -0.461 e. The molecular weight excluding hydrogens is 502 g/mol. The van der Waals surface area contributed by atoms with Crippen molar-refractivity contribution < 1.29 is 37.7 Å². The molecule has 2 saturated carbocycles. The minimum absolute atomic E-state index is 0.00601. The third-order valence-electron chi connectivity index (χ3n) is 7.06. The summed E-state index contributed by atoms with van der Waals surface area (Å²) in [6.07, 6.45) is 13.9. The highest BCUT2D eigenvalue weighted by molar-refractivity contribution is 7.45. The number of unbranched alkanes of at least 4 members (excludes halogenated alkanes) is 1. The van der Waals surface area contributed by atoms with Gasteiger partial charge in [0.25, 0.3) is 0 Å². The fourth-order valence-corrected chi connectivity index (χ4v) is 8.23. The standard InChI is InChI=1S/C26H48O8P2/c1-3-25(31-19-23(27)33-21-13-7-5-8-14-21)35(29)17-11-12-18-36(30)26(4-2)32-20-24(28)34-22-15-9-6-10-16-22/h21-22,25-26,35-36H,3-20H2,1-2H3. The van der Waals surface area contributed by atoms with Crippen molar-refractivity contribution in [1.82, 2.24) is 0 Å². The van der Waals surface area contributed by atoms with Crippen molar-refractivity contribution in [2.75, 3.05) is 25.5 Å². The molecule has 0 spiro atoms. The van der Waals surface area contributed by atoms with Gasteiger partial charge in [-0.05, 0) is 77.0 Å². The Morgan fingerprint density at radius 3 is 1.36 bits per heavy atom. The maximum absolute atomic E-state index is 12.7. The summed E-state index contributed by atoms with van der Waals surface area (Å²) in [6, 6.07) is 0. The zero-order valence-corrected chi connectivity index (χ0v) is 24.3. The normalized spacial score (nSPS) is 20.8.